The number of carbonyl (C=O) groups excluding carboxylic acids is 1. The number of benzene rings is 3. The fraction of sp³-hybridized carbons (Fsp3) is 0.150. The van der Waals surface area contributed by atoms with Crippen molar-refractivity contribution in [3.63, 3.8) is 0 Å². The fourth-order valence-electron chi connectivity index (χ4n) is 2.37. The number of esters is 1. The van der Waals surface area contributed by atoms with E-state index in [4.69, 9.17) is 9.47 Å². The van der Waals surface area contributed by atoms with Gasteiger partial charge in [0, 0.05) is 6.07 Å². The molecule has 0 unspecified atom stereocenters. The summed E-state index contributed by atoms with van der Waals surface area (Å²) in [5.41, 5.74) is 0.527. The Hall–Kier alpha value is -2.81. The average molecular weight is 306 g/mol. The van der Waals surface area contributed by atoms with Crippen molar-refractivity contribution in [1.82, 2.24) is 0 Å². The lowest BCUT2D eigenvalue weighted by atomic mass is 10.1. The summed E-state index contributed by atoms with van der Waals surface area (Å²) in [5, 5.41) is 2.11. The van der Waals surface area contributed by atoms with E-state index in [1.165, 1.54) is 0 Å². The number of hydrogen-bond donors (Lipinski definition) is 0. The van der Waals surface area contributed by atoms with Gasteiger partial charge in [-0.25, -0.2) is 4.79 Å². The zero-order chi connectivity index (χ0) is 16.2. The maximum atomic E-state index is 12.3. The third-order valence-corrected chi connectivity index (χ3v) is 3.37. The maximum absolute atomic E-state index is 12.3. The van der Waals surface area contributed by atoms with Gasteiger partial charge >= 0.3 is 5.97 Å². The molecule has 0 N–H and O–H groups in total. The molecule has 0 aliphatic carbocycles. The van der Waals surface area contributed by atoms with Crippen LogP contribution in [0.5, 0.6) is 11.5 Å². The predicted octanol–water partition coefficient (Wildman–Crippen LogP) is 4.85. The highest BCUT2D eigenvalue weighted by Gasteiger charge is 2.10. The van der Waals surface area contributed by atoms with Crippen molar-refractivity contribution in [3.05, 3.63) is 72.3 Å². The molecule has 116 valence electrons. The number of carbonyl (C=O) groups is 1. The van der Waals surface area contributed by atoms with Crippen molar-refractivity contribution in [2.24, 2.45) is 0 Å². The Morgan fingerprint density at radius 3 is 2.35 bits per heavy atom. The summed E-state index contributed by atoms with van der Waals surface area (Å²) >= 11 is 0. The van der Waals surface area contributed by atoms with Gasteiger partial charge in [-0.15, -0.1) is 0 Å². The molecule has 3 heteroatoms. The predicted molar refractivity (Wildman–Crippen MR) is 91.1 cm³/mol. The van der Waals surface area contributed by atoms with E-state index < -0.39 is 0 Å². The van der Waals surface area contributed by atoms with Crippen LogP contribution in [-0.2, 0) is 0 Å². The molecule has 0 aromatic heterocycles. The van der Waals surface area contributed by atoms with E-state index in [2.05, 4.69) is 0 Å². The lowest BCUT2D eigenvalue weighted by Gasteiger charge is -2.11. The number of ether oxygens (including phenoxy) is 2. The first-order chi connectivity index (χ1) is 11.1. The molecule has 0 amide bonds. The Balaban J connectivity index is 1.80. The Bertz CT molecular complexity index is 837. The first-order valence-electron chi connectivity index (χ1n) is 7.59. The van der Waals surface area contributed by atoms with Crippen molar-refractivity contribution >= 4 is 16.7 Å². The van der Waals surface area contributed by atoms with Gasteiger partial charge in [-0.2, -0.15) is 0 Å². The van der Waals surface area contributed by atoms with Crippen LogP contribution >= 0.6 is 0 Å². The first-order valence-corrected chi connectivity index (χ1v) is 7.59. The van der Waals surface area contributed by atoms with Gasteiger partial charge in [0.05, 0.1) is 11.7 Å². The second-order valence-corrected chi connectivity index (χ2v) is 5.59. The van der Waals surface area contributed by atoms with Gasteiger partial charge in [0.1, 0.15) is 11.5 Å². The molecule has 0 atom stereocenters. The molecule has 0 aliphatic rings. The summed E-state index contributed by atoms with van der Waals surface area (Å²) in [6, 6.07) is 20.6. The molecular weight excluding hydrogens is 288 g/mol. The molecular formula is C20H18O3. The summed E-state index contributed by atoms with van der Waals surface area (Å²) in [4.78, 5) is 12.3. The fourth-order valence-corrected chi connectivity index (χ4v) is 2.37. The number of fused-ring (bicyclic) bond motifs is 1. The minimum atomic E-state index is -0.377. The summed E-state index contributed by atoms with van der Waals surface area (Å²) < 4.78 is 11.1. The molecule has 0 fully saturated rings. The van der Waals surface area contributed by atoms with Crippen LogP contribution in [0.3, 0.4) is 0 Å². The summed E-state index contributed by atoms with van der Waals surface area (Å²) in [7, 11) is 0. The van der Waals surface area contributed by atoms with Crippen LogP contribution in [0.4, 0.5) is 0 Å². The molecule has 0 spiro atoms. The monoisotopic (exact) mass is 306 g/mol. The first kappa shape index (κ1) is 15.1. The van der Waals surface area contributed by atoms with Crippen molar-refractivity contribution in [1.29, 1.82) is 0 Å². The molecule has 0 heterocycles. The van der Waals surface area contributed by atoms with E-state index >= 15 is 0 Å². The van der Waals surface area contributed by atoms with E-state index in [1.807, 2.05) is 56.3 Å². The van der Waals surface area contributed by atoms with E-state index in [0.29, 0.717) is 17.1 Å². The van der Waals surface area contributed by atoms with Crippen LogP contribution in [0, 0.1) is 0 Å². The highest BCUT2D eigenvalue weighted by atomic mass is 16.5. The van der Waals surface area contributed by atoms with Crippen LogP contribution in [0.1, 0.15) is 24.2 Å². The molecule has 0 saturated carbocycles. The Morgan fingerprint density at radius 2 is 1.57 bits per heavy atom. The van der Waals surface area contributed by atoms with Crippen LogP contribution in [0.2, 0.25) is 0 Å². The summed E-state index contributed by atoms with van der Waals surface area (Å²) in [5.74, 6) is 0.780. The molecule has 3 aromatic rings. The summed E-state index contributed by atoms with van der Waals surface area (Å²) in [6.45, 7) is 3.90. The second-order valence-electron chi connectivity index (χ2n) is 5.59. The van der Waals surface area contributed by atoms with Gasteiger partial charge in [0.2, 0.25) is 0 Å². The maximum Gasteiger partial charge on any atom is 0.343 e. The molecule has 3 rings (SSSR count). The average Bonchev–Trinajstić information content (AvgIpc) is 2.54. The molecule has 3 aromatic carbocycles. The SMILES string of the molecule is CC(C)Oc1cccc(OC(=O)c2ccc3ccccc3c2)c1. The minimum absolute atomic E-state index is 0.0708. The van der Waals surface area contributed by atoms with E-state index in [1.54, 1.807) is 24.3 Å². The number of hydrogen-bond acceptors (Lipinski definition) is 3. The quantitative estimate of drug-likeness (QED) is 0.511. The molecule has 0 radical (unpaired) electrons. The van der Waals surface area contributed by atoms with Gasteiger partial charge in [-0.05, 0) is 48.9 Å². The molecule has 0 bridgehead atoms. The molecule has 0 aliphatic heterocycles. The second kappa shape index (κ2) is 6.53. The van der Waals surface area contributed by atoms with Crippen molar-refractivity contribution < 1.29 is 14.3 Å². The van der Waals surface area contributed by atoms with Crippen LogP contribution in [0.15, 0.2) is 66.7 Å². The van der Waals surface area contributed by atoms with E-state index in [9.17, 15) is 4.79 Å². The van der Waals surface area contributed by atoms with Crippen molar-refractivity contribution in [2.45, 2.75) is 20.0 Å². The van der Waals surface area contributed by atoms with Crippen molar-refractivity contribution in [3.8, 4) is 11.5 Å². The molecule has 23 heavy (non-hydrogen) atoms. The molecule has 3 nitrogen and oxygen atoms in total. The smallest absolute Gasteiger partial charge is 0.343 e. The highest BCUT2D eigenvalue weighted by molar-refractivity contribution is 5.96. The van der Waals surface area contributed by atoms with E-state index in [-0.39, 0.29) is 12.1 Å². The van der Waals surface area contributed by atoms with Gasteiger partial charge in [-0.1, -0.05) is 36.4 Å². The largest absolute Gasteiger partial charge is 0.491 e. The van der Waals surface area contributed by atoms with E-state index in [0.717, 1.165) is 10.8 Å². The van der Waals surface area contributed by atoms with Gasteiger partial charge in [0.15, 0.2) is 0 Å². The minimum Gasteiger partial charge on any atom is -0.491 e. The van der Waals surface area contributed by atoms with Crippen LogP contribution in [0.25, 0.3) is 10.8 Å². The van der Waals surface area contributed by atoms with Gasteiger partial charge < -0.3 is 9.47 Å². The third-order valence-electron chi connectivity index (χ3n) is 3.37. The Kier molecular flexibility index (Phi) is 4.29. The summed E-state index contributed by atoms with van der Waals surface area (Å²) in [6.07, 6.45) is 0.0708. The van der Waals surface area contributed by atoms with Gasteiger partial charge in [-0.3, -0.25) is 0 Å². The third kappa shape index (κ3) is 3.69. The van der Waals surface area contributed by atoms with Crippen LogP contribution < -0.4 is 9.47 Å². The standard InChI is InChI=1S/C20H18O3/c1-14(2)22-18-8-5-9-19(13-18)23-20(21)17-11-10-15-6-3-4-7-16(15)12-17/h3-14H,1-2H3. The Morgan fingerprint density at radius 1 is 0.826 bits per heavy atom. The van der Waals surface area contributed by atoms with Crippen molar-refractivity contribution in [2.75, 3.05) is 0 Å². The number of rotatable bonds is 4. The highest BCUT2D eigenvalue weighted by Crippen LogP contribution is 2.22. The van der Waals surface area contributed by atoms with Crippen LogP contribution in [-0.4, -0.2) is 12.1 Å². The normalized spacial score (nSPS) is 10.7. The zero-order valence-corrected chi connectivity index (χ0v) is 13.2. The lowest BCUT2D eigenvalue weighted by Crippen LogP contribution is -2.09. The Labute approximate surface area is 135 Å². The lowest BCUT2D eigenvalue weighted by molar-refractivity contribution is 0.0734. The van der Waals surface area contributed by atoms with Gasteiger partial charge in [0.25, 0.3) is 0 Å². The zero-order valence-electron chi connectivity index (χ0n) is 13.2. The topological polar surface area (TPSA) is 35.5 Å². The molecule has 0 saturated heterocycles.